The maximum absolute atomic E-state index is 11.5. The van der Waals surface area contributed by atoms with Crippen molar-refractivity contribution in [2.24, 2.45) is 0 Å². The third-order valence-electron chi connectivity index (χ3n) is 1.90. The highest BCUT2D eigenvalue weighted by Crippen LogP contribution is 2.16. The van der Waals surface area contributed by atoms with Crippen molar-refractivity contribution in [3.05, 3.63) is 24.3 Å². The van der Waals surface area contributed by atoms with Crippen molar-refractivity contribution in [2.45, 2.75) is 0 Å². The van der Waals surface area contributed by atoms with Gasteiger partial charge < -0.3 is 9.47 Å². The molecule has 0 aliphatic rings. The van der Waals surface area contributed by atoms with E-state index in [1.807, 2.05) is 0 Å². The molecule has 0 atom stereocenters. The number of carbonyl (C=O) groups is 1. The minimum atomic E-state index is -3.73. The topological polar surface area (TPSA) is 81.7 Å². The van der Waals surface area contributed by atoms with Crippen molar-refractivity contribution in [3.8, 4) is 5.75 Å². The second-order valence-corrected chi connectivity index (χ2v) is 4.89. The molecule has 1 rings (SSSR count). The van der Waals surface area contributed by atoms with Crippen LogP contribution in [-0.4, -0.2) is 34.4 Å². The lowest BCUT2D eigenvalue weighted by molar-refractivity contribution is -0.137. The van der Waals surface area contributed by atoms with Gasteiger partial charge in [-0.25, -0.2) is 8.42 Å². The highest BCUT2D eigenvalue weighted by atomic mass is 32.2. The predicted molar refractivity (Wildman–Crippen MR) is 62.4 cm³/mol. The molecule has 0 radical (unpaired) electrons. The molecule has 0 aliphatic carbocycles. The fourth-order valence-corrected chi connectivity index (χ4v) is 2.08. The fraction of sp³-hybridized carbons (Fsp3) is 0.300. The molecule has 0 aliphatic heterocycles. The van der Waals surface area contributed by atoms with Gasteiger partial charge in [0.1, 0.15) is 5.75 Å². The van der Waals surface area contributed by atoms with Crippen molar-refractivity contribution in [1.29, 1.82) is 0 Å². The molecule has 0 spiro atoms. The van der Waals surface area contributed by atoms with Crippen LogP contribution in [0.5, 0.6) is 5.75 Å². The molecule has 0 saturated heterocycles. The number of methoxy groups -OCH3 is 2. The van der Waals surface area contributed by atoms with Crippen LogP contribution in [0.25, 0.3) is 0 Å². The first-order valence-electron chi connectivity index (χ1n) is 4.68. The average Bonchev–Trinajstić information content (AvgIpc) is 2.28. The SMILES string of the molecule is COC(=O)CS(=O)(=O)Nc1ccc(OC)cc1. The Hall–Kier alpha value is -1.76. The maximum atomic E-state index is 11.5. The van der Waals surface area contributed by atoms with Gasteiger partial charge in [0.25, 0.3) is 0 Å². The molecular formula is C10H13NO5S. The predicted octanol–water partition coefficient (Wildman–Crippen LogP) is 0.610. The van der Waals surface area contributed by atoms with Crippen LogP contribution in [0, 0.1) is 0 Å². The third-order valence-corrected chi connectivity index (χ3v) is 3.06. The number of hydrogen-bond donors (Lipinski definition) is 1. The van der Waals surface area contributed by atoms with Gasteiger partial charge in [0.15, 0.2) is 5.75 Å². The molecule has 0 amide bonds. The van der Waals surface area contributed by atoms with E-state index in [0.29, 0.717) is 11.4 Å². The van der Waals surface area contributed by atoms with Crippen molar-refractivity contribution >= 4 is 21.7 Å². The number of sulfonamides is 1. The zero-order valence-corrected chi connectivity index (χ0v) is 10.3. The van der Waals surface area contributed by atoms with Crippen LogP contribution in [0.2, 0.25) is 0 Å². The van der Waals surface area contributed by atoms with Gasteiger partial charge in [-0.15, -0.1) is 0 Å². The van der Waals surface area contributed by atoms with E-state index in [1.165, 1.54) is 19.2 Å². The average molecular weight is 259 g/mol. The van der Waals surface area contributed by atoms with E-state index in [2.05, 4.69) is 9.46 Å². The number of esters is 1. The quantitative estimate of drug-likeness (QED) is 0.783. The van der Waals surface area contributed by atoms with Gasteiger partial charge >= 0.3 is 5.97 Å². The van der Waals surface area contributed by atoms with E-state index < -0.39 is 21.7 Å². The molecule has 0 bridgehead atoms. The molecule has 0 fully saturated rings. The first-order chi connectivity index (χ1) is 7.96. The van der Waals surface area contributed by atoms with Crippen LogP contribution in [0.3, 0.4) is 0 Å². The normalized spacial score (nSPS) is 10.7. The maximum Gasteiger partial charge on any atom is 0.322 e. The van der Waals surface area contributed by atoms with Gasteiger partial charge in [-0.3, -0.25) is 9.52 Å². The van der Waals surface area contributed by atoms with E-state index in [-0.39, 0.29) is 0 Å². The zero-order valence-electron chi connectivity index (χ0n) is 9.47. The lowest BCUT2D eigenvalue weighted by Gasteiger charge is -2.07. The number of rotatable bonds is 5. The zero-order chi connectivity index (χ0) is 12.9. The Bertz CT molecular complexity index is 480. The number of nitrogens with one attached hydrogen (secondary N) is 1. The standard InChI is InChI=1S/C10H13NO5S/c1-15-9-5-3-8(4-6-9)11-17(13,14)7-10(12)16-2/h3-6,11H,7H2,1-2H3. The molecule has 1 aromatic carbocycles. The van der Waals surface area contributed by atoms with E-state index in [9.17, 15) is 13.2 Å². The van der Waals surface area contributed by atoms with E-state index in [1.54, 1.807) is 12.1 Å². The van der Waals surface area contributed by atoms with Gasteiger partial charge in [-0.05, 0) is 24.3 Å². The van der Waals surface area contributed by atoms with Crippen molar-refractivity contribution < 1.29 is 22.7 Å². The number of benzene rings is 1. The second kappa shape index (κ2) is 5.53. The van der Waals surface area contributed by atoms with Gasteiger partial charge in [-0.1, -0.05) is 0 Å². The fourth-order valence-electron chi connectivity index (χ4n) is 1.09. The molecule has 0 saturated carbocycles. The molecule has 0 aromatic heterocycles. The summed E-state index contributed by atoms with van der Waals surface area (Å²) in [7, 11) is -1.09. The van der Waals surface area contributed by atoms with Crippen LogP contribution in [-0.2, 0) is 19.6 Å². The number of anilines is 1. The molecular weight excluding hydrogens is 246 g/mol. The third kappa shape index (κ3) is 4.31. The first kappa shape index (κ1) is 13.3. The minimum absolute atomic E-state index is 0.356. The number of hydrogen-bond acceptors (Lipinski definition) is 5. The summed E-state index contributed by atoms with van der Waals surface area (Å²) >= 11 is 0. The molecule has 0 heterocycles. The van der Waals surface area contributed by atoms with E-state index in [0.717, 1.165) is 7.11 Å². The summed E-state index contributed by atoms with van der Waals surface area (Å²) in [5.41, 5.74) is 0.356. The molecule has 0 unspecified atom stereocenters. The Kier molecular flexibility index (Phi) is 4.33. The van der Waals surface area contributed by atoms with Crippen LogP contribution >= 0.6 is 0 Å². The summed E-state index contributed by atoms with van der Waals surface area (Å²) in [6, 6.07) is 6.29. The summed E-state index contributed by atoms with van der Waals surface area (Å²) in [5.74, 6) is -0.915. The molecule has 6 nitrogen and oxygen atoms in total. The summed E-state index contributed by atoms with van der Waals surface area (Å²) in [6.07, 6.45) is 0. The van der Waals surface area contributed by atoms with Crippen LogP contribution in [0.4, 0.5) is 5.69 Å². The highest BCUT2D eigenvalue weighted by Gasteiger charge is 2.16. The Morgan fingerprint density at radius 1 is 1.24 bits per heavy atom. The van der Waals surface area contributed by atoms with Crippen molar-refractivity contribution in [1.82, 2.24) is 0 Å². The lowest BCUT2D eigenvalue weighted by atomic mass is 10.3. The molecule has 7 heteroatoms. The summed E-state index contributed by atoms with van der Waals surface area (Å²) in [4.78, 5) is 10.9. The van der Waals surface area contributed by atoms with Crippen LogP contribution in [0.15, 0.2) is 24.3 Å². The second-order valence-electron chi connectivity index (χ2n) is 3.17. The summed E-state index contributed by atoms with van der Waals surface area (Å²) in [6.45, 7) is 0. The van der Waals surface area contributed by atoms with Gasteiger partial charge in [-0.2, -0.15) is 0 Å². The minimum Gasteiger partial charge on any atom is -0.497 e. The van der Waals surface area contributed by atoms with Crippen molar-refractivity contribution in [3.63, 3.8) is 0 Å². The van der Waals surface area contributed by atoms with Gasteiger partial charge in [0.05, 0.1) is 14.2 Å². The number of carbonyl (C=O) groups excluding carboxylic acids is 1. The molecule has 1 N–H and O–H groups in total. The number of ether oxygens (including phenoxy) is 2. The van der Waals surface area contributed by atoms with E-state index in [4.69, 9.17) is 4.74 Å². The van der Waals surface area contributed by atoms with Gasteiger partial charge in [0, 0.05) is 5.69 Å². The first-order valence-corrected chi connectivity index (χ1v) is 6.33. The van der Waals surface area contributed by atoms with E-state index >= 15 is 0 Å². The Labute approximate surface area is 99.6 Å². The summed E-state index contributed by atoms with van der Waals surface area (Å²) in [5, 5.41) is 0. The Morgan fingerprint density at radius 2 is 1.82 bits per heavy atom. The highest BCUT2D eigenvalue weighted by molar-refractivity contribution is 7.93. The largest absolute Gasteiger partial charge is 0.497 e. The Morgan fingerprint density at radius 3 is 2.29 bits per heavy atom. The summed E-state index contributed by atoms with van der Waals surface area (Å²) < 4.78 is 34.4. The van der Waals surface area contributed by atoms with Crippen LogP contribution < -0.4 is 9.46 Å². The molecule has 17 heavy (non-hydrogen) atoms. The van der Waals surface area contributed by atoms with Crippen LogP contribution in [0.1, 0.15) is 0 Å². The molecule has 1 aromatic rings. The molecule has 94 valence electrons. The smallest absolute Gasteiger partial charge is 0.322 e. The lowest BCUT2D eigenvalue weighted by Crippen LogP contribution is -2.23. The monoisotopic (exact) mass is 259 g/mol. The Balaban J connectivity index is 2.72. The van der Waals surface area contributed by atoms with Crippen molar-refractivity contribution in [2.75, 3.05) is 24.7 Å². The van der Waals surface area contributed by atoms with Gasteiger partial charge in [0.2, 0.25) is 10.0 Å².